The summed E-state index contributed by atoms with van der Waals surface area (Å²) < 4.78 is 0. The first-order chi connectivity index (χ1) is 11.8. The van der Waals surface area contributed by atoms with Crippen molar-refractivity contribution in [1.29, 1.82) is 0 Å². The summed E-state index contributed by atoms with van der Waals surface area (Å²) in [4.78, 5) is 11.3. The Balaban J connectivity index is 1.82. The Kier molecular flexibility index (Phi) is 7.52. The van der Waals surface area contributed by atoms with Gasteiger partial charge in [-0.2, -0.15) is 0 Å². The highest BCUT2D eigenvalue weighted by Gasteiger charge is 2.19. The molecule has 0 aliphatic heterocycles. The summed E-state index contributed by atoms with van der Waals surface area (Å²) in [6.45, 7) is 6.92. The van der Waals surface area contributed by atoms with E-state index in [0.717, 1.165) is 19.3 Å². The monoisotopic (exact) mass is 363 g/mol. The van der Waals surface area contributed by atoms with E-state index < -0.39 is 12.0 Å². The second-order valence-electron chi connectivity index (χ2n) is 7.58. The van der Waals surface area contributed by atoms with Gasteiger partial charge in [-0.3, -0.25) is 4.79 Å². The molecule has 0 aromatic heterocycles. The first kappa shape index (κ1) is 20.0. The van der Waals surface area contributed by atoms with Crippen LogP contribution in [0.2, 0.25) is 0 Å². The minimum atomic E-state index is -0.760. The van der Waals surface area contributed by atoms with Crippen molar-refractivity contribution in [1.82, 2.24) is 5.32 Å². The van der Waals surface area contributed by atoms with Crippen molar-refractivity contribution in [2.75, 3.05) is 6.54 Å². The predicted octanol–water partition coefficient (Wildman–Crippen LogP) is 4.85. The lowest BCUT2D eigenvalue weighted by atomic mass is 9.85. The minimum Gasteiger partial charge on any atom is -0.480 e. The van der Waals surface area contributed by atoms with Gasteiger partial charge in [0.2, 0.25) is 0 Å². The molecule has 0 amide bonds. The Morgan fingerprint density at radius 3 is 2.76 bits per heavy atom. The number of aliphatic carboxylic acids is 1. The number of alkyl halides is 1. The Morgan fingerprint density at radius 2 is 2.20 bits per heavy atom. The zero-order valence-corrected chi connectivity index (χ0v) is 16.2. The van der Waals surface area contributed by atoms with E-state index in [2.05, 4.69) is 42.6 Å². The average molecular weight is 364 g/mol. The van der Waals surface area contributed by atoms with Gasteiger partial charge in [0, 0.05) is 5.92 Å². The van der Waals surface area contributed by atoms with E-state index in [0.29, 0.717) is 24.8 Å². The zero-order chi connectivity index (χ0) is 18.4. The first-order valence-corrected chi connectivity index (χ1v) is 9.65. The van der Waals surface area contributed by atoms with Gasteiger partial charge < -0.3 is 10.4 Å². The van der Waals surface area contributed by atoms with Crippen molar-refractivity contribution in [3.63, 3.8) is 0 Å². The maximum Gasteiger partial charge on any atom is 0.320 e. The molecule has 3 unspecified atom stereocenters. The molecule has 0 saturated carbocycles. The molecule has 0 fully saturated rings. The van der Waals surface area contributed by atoms with Gasteiger partial charge in [-0.05, 0) is 50.6 Å². The highest BCUT2D eigenvalue weighted by molar-refractivity contribution is 6.22. The fraction of sp³-hybridized carbons (Fsp3) is 0.571. The molecule has 0 heterocycles. The van der Waals surface area contributed by atoms with Gasteiger partial charge in [-0.25, -0.2) is 0 Å². The quantitative estimate of drug-likeness (QED) is 0.606. The third-order valence-corrected chi connectivity index (χ3v) is 5.00. The molecule has 0 radical (unpaired) electrons. The van der Waals surface area contributed by atoms with Gasteiger partial charge in [-0.15, -0.1) is 11.6 Å². The predicted molar refractivity (Wildman–Crippen MR) is 105 cm³/mol. The van der Waals surface area contributed by atoms with Gasteiger partial charge >= 0.3 is 5.97 Å². The molecule has 0 spiro atoms. The van der Waals surface area contributed by atoms with Gasteiger partial charge in [0.15, 0.2) is 0 Å². The van der Waals surface area contributed by atoms with Crippen LogP contribution in [0, 0.1) is 11.8 Å². The van der Waals surface area contributed by atoms with Crippen molar-refractivity contribution in [2.45, 2.75) is 57.9 Å². The van der Waals surface area contributed by atoms with Crippen LogP contribution in [0.5, 0.6) is 0 Å². The van der Waals surface area contributed by atoms with E-state index >= 15 is 0 Å². The maximum absolute atomic E-state index is 11.3. The SMILES string of the molecule is CC1=CC(C2C=CC(CCNC(CC(C)C)C(=O)O)=CC2)=CC(Cl)C1. The third-order valence-electron chi connectivity index (χ3n) is 4.72. The van der Waals surface area contributed by atoms with Crippen molar-refractivity contribution >= 4 is 17.6 Å². The summed E-state index contributed by atoms with van der Waals surface area (Å²) in [6.07, 6.45) is 14.6. The van der Waals surface area contributed by atoms with Gasteiger partial charge in [-0.1, -0.05) is 55.4 Å². The number of halogens is 1. The first-order valence-electron chi connectivity index (χ1n) is 9.21. The van der Waals surface area contributed by atoms with E-state index in [-0.39, 0.29) is 5.38 Å². The second-order valence-corrected chi connectivity index (χ2v) is 8.14. The zero-order valence-electron chi connectivity index (χ0n) is 15.5. The third kappa shape index (κ3) is 6.48. The lowest BCUT2D eigenvalue weighted by Crippen LogP contribution is -2.38. The topological polar surface area (TPSA) is 49.3 Å². The summed E-state index contributed by atoms with van der Waals surface area (Å²) >= 11 is 6.30. The molecule has 0 bridgehead atoms. The summed E-state index contributed by atoms with van der Waals surface area (Å²) in [5, 5.41) is 12.5. The number of carboxylic acid groups (broad SMARTS) is 1. The van der Waals surface area contributed by atoms with Crippen LogP contribution in [0.25, 0.3) is 0 Å². The van der Waals surface area contributed by atoms with E-state index in [1.165, 1.54) is 16.7 Å². The fourth-order valence-corrected chi connectivity index (χ4v) is 3.82. The van der Waals surface area contributed by atoms with Crippen molar-refractivity contribution in [3.8, 4) is 0 Å². The van der Waals surface area contributed by atoms with Crippen LogP contribution in [0.15, 0.2) is 47.1 Å². The van der Waals surface area contributed by atoms with Gasteiger partial charge in [0.25, 0.3) is 0 Å². The van der Waals surface area contributed by atoms with E-state index in [9.17, 15) is 9.90 Å². The molecule has 2 aliphatic carbocycles. The van der Waals surface area contributed by atoms with Gasteiger partial charge in [0.05, 0.1) is 5.38 Å². The molecule has 25 heavy (non-hydrogen) atoms. The van der Waals surface area contributed by atoms with Crippen LogP contribution in [-0.2, 0) is 4.79 Å². The normalized spacial score (nSPS) is 24.6. The molecule has 2 aliphatic rings. The molecule has 0 aromatic carbocycles. The largest absolute Gasteiger partial charge is 0.480 e. The highest BCUT2D eigenvalue weighted by Crippen LogP contribution is 2.31. The Bertz CT molecular complexity index is 601. The molecular formula is C21H30ClNO2. The van der Waals surface area contributed by atoms with E-state index in [1.54, 1.807) is 0 Å². The van der Waals surface area contributed by atoms with E-state index in [4.69, 9.17) is 11.6 Å². The van der Waals surface area contributed by atoms with Crippen molar-refractivity contribution in [3.05, 3.63) is 47.1 Å². The number of nitrogens with one attached hydrogen (secondary N) is 1. The van der Waals surface area contributed by atoms with E-state index in [1.807, 2.05) is 13.8 Å². The second kappa shape index (κ2) is 9.40. The molecule has 2 N–H and O–H groups in total. The van der Waals surface area contributed by atoms with Crippen molar-refractivity contribution in [2.24, 2.45) is 11.8 Å². The number of carboxylic acids is 1. The number of hydrogen-bond donors (Lipinski definition) is 2. The molecule has 3 atom stereocenters. The lowest BCUT2D eigenvalue weighted by Gasteiger charge is -2.23. The molecular weight excluding hydrogens is 334 g/mol. The maximum atomic E-state index is 11.3. The summed E-state index contributed by atoms with van der Waals surface area (Å²) in [7, 11) is 0. The van der Waals surface area contributed by atoms with Crippen LogP contribution in [0.3, 0.4) is 0 Å². The standard InChI is InChI=1S/C21H30ClNO2/c1-14(2)10-20(21(24)25)23-9-8-16-4-6-17(7-5-16)18-11-15(3)12-19(22)13-18/h4-6,11,13-14,17,19-20,23H,7-10,12H2,1-3H3,(H,24,25). The minimum absolute atomic E-state index is 0.108. The number of hydrogen-bond acceptors (Lipinski definition) is 2. The Hall–Kier alpha value is -1.32. The average Bonchev–Trinajstić information content (AvgIpc) is 2.53. The highest BCUT2D eigenvalue weighted by atomic mass is 35.5. The van der Waals surface area contributed by atoms with Crippen LogP contribution < -0.4 is 5.32 Å². The number of allylic oxidation sites excluding steroid dienone is 7. The fourth-order valence-electron chi connectivity index (χ4n) is 3.43. The van der Waals surface area contributed by atoms with Crippen LogP contribution >= 0.6 is 11.6 Å². The molecule has 3 nitrogen and oxygen atoms in total. The summed E-state index contributed by atoms with van der Waals surface area (Å²) in [5.41, 5.74) is 3.93. The lowest BCUT2D eigenvalue weighted by molar-refractivity contribution is -0.139. The molecule has 0 aromatic rings. The summed E-state index contributed by atoms with van der Waals surface area (Å²) in [5.74, 6) is 0.0130. The Morgan fingerprint density at radius 1 is 1.44 bits per heavy atom. The molecule has 4 heteroatoms. The number of carbonyl (C=O) groups is 1. The summed E-state index contributed by atoms with van der Waals surface area (Å²) in [6, 6.07) is -0.456. The molecule has 0 saturated heterocycles. The molecule has 2 rings (SSSR count). The van der Waals surface area contributed by atoms with Gasteiger partial charge in [0.1, 0.15) is 6.04 Å². The molecule has 138 valence electrons. The van der Waals surface area contributed by atoms with Crippen molar-refractivity contribution < 1.29 is 9.90 Å². The Labute approximate surface area is 156 Å². The van der Waals surface area contributed by atoms with Crippen LogP contribution in [-0.4, -0.2) is 29.0 Å². The van der Waals surface area contributed by atoms with Crippen LogP contribution in [0.4, 0.5) is 0 Å². The smallest absolute Gasteiger partial charge is 0.320 e. The van der Waals surface area contributed by atoms with Crippen LogP contribution in [0.1, 0.15) is 46.5 Å². The number of rotatable bonds is 8.